The summed E-state index contributed by atoms with van der Waals surface area (Å²) in [5, 5.41) is 3.51. The van der Waals surface area contributed by atoms with Crippen LogP contribution in [-0.2, 0) is 0 Å². The molecule has 2 rings (SSSR count). The summed E-state index contributed by atoms with van der Waals surface area (Å²) in [5.41, 5.74) is 1.29. The average molecular weight is 241 g/mol. The van der Waals surface area contributed by atoms with Crippen molar-refractivity contribution in [3.63, 3.8) is 0 Å². The SMILES string of the molecule is Brc1ncccc1C1CCCCN1. The van der Waals surface area contributed by atoms with Crippen molar-refractivity contribution in [3.05, 3.63) is 28.5 Å². The van der Waals surface area contributed by atoms with Crippen LogP contribution in [-0.4, -0.2) is 11.5 Å². The molecule has 2 heterocycles. The van der Waals surface area contributed by atoms with Crippen molar-refractivity contribution in [1.82, 2.24) is 10.3 Å². The Kier molecular flexibility index (Phi) is 2.96. The lowest BCUT2D eigenvalue weighted by atomic mass is 9.99. The van der Waals surface area contributed by atoms with Gasteiger partial charge in [0.15, 0.2) is 0 Å². The predicted octanol–water partition coefficient (Wildman–Crippen LogP) is 2.66. The van der Waals surface area contributed by atoms with Gasteiger partial charge >= 0.3 is 0 Å². The summed E-state index contributed by atoms with van der Waals surface area (Å²) in [4.78, 5) is 4.23. The van der Waals surface area contributed by atoms with Crippen molar-refractivity contribution in [1.29, 1.82) is 0 Å². The Hall–Kier alpha value is -0.410. The van der Waals surface area contributed by atoms with E-state index in [1.807, 2.05) is 12.3 Å². The van der Waals surface area contributed by atoms with Crippen LogP contribution in [0.2, 0.25) is 0 Å². The largest absolute Gasteiger partial charge is 0.310 e. The number of piperidine rings is 1. The second-order valence-electron chi connectivity index (χ2n) is 3.39. The Morgan fingerprint density at radius 2 is 2.38 bits per heavy atom. The monoisotopic (exact) mass is 240 g/mol. The topological polar surface area (TPSA) is 24.9 Å². The van der Waals surface area contributed by atoms with Crippen LogP contribution in [0.15, 0.2) is 22.9 Å². The van der Waals surface area contributed by atoms with E-state index in [4.69, 9.17) is 0 Å². The molecule has 0 radical (unpaired) electrons. The zero-order chi connectivity index (χ0) is 9.10. The second-order valence-corrected chi connectivity index (χ2v) is 4.14. The maximum absolute atomic E-state index is 4.23. The van der Waals surface area contributed by atoms with Crippen LogP contribution in [0.25, 0.3) is 0 Å². The molecule has 1 saturated heterocycles. The van der Waals surface area contributed by atoms with Crippen molar-refractivity contribution in [3.8, 4) is 0 Å². The van der Waals surface area contributed by atoms with Crippen LogP contribution >= 0.6 is 15.9 Å². The molecular formula is C10H13BrN2. The van der Waals surface area contributed by atoms with E-state index in [1.54, 1.807) is 0 Å². The lowest BCUT2D eigenvalue weighted by Crippen LogP contribution is -2.27. The minimum Gasteiger partial charge on any atom is -0.310 e. The summed E-state index contributed by atoms with van der Waals surface area (Å²) in [6.07, 6.45) is 5.66. The molecule has 1 aromatic rings. The molecule has 1 aromatic heterocycles. The number of nitrogens with zero attached hydrogens (tertiary/aromatic N) is 1. The van der Waals surface area contributed by atoms with Gasteiger partial charge in [-0.2, -0.15) is 0 Å². The Labute approximate surface area is 86.9 Å². The highest BCUT2D eigenvalue weighted by molar-refractivity contribution is 9.10. The molecule has 0 saturated carbocycles. The van der Waals surface area contributed by atoms with Crippen LogP contribution < -0.4 is 5.32 Å². The van der Waals surface area contributed by atoms with Gasteiger partial charge in [-0.1, -0.05) is 12.5 Å². The van der Waals surface area contributed by atoms with Crippen LogP contribution in [0.5, 0.6) is 0 Å². The molecule has 70 valence electrons. The van der Waals surface area contributed by atoms with Gasteiger partial charge < -0.3 is 5.32 Å². The smallest absolute Gasteiger partial charge is 0.110 e. The van der Waals surface area contributed by atoms with Crippen LogP contribution in [0.4, 0.5) is 0 Å². The van der Waals surface area contributed by atoms with Crippen LogP contribution in [0.1, 0.15) is 30.9 Å². The van der Waals surface area contributed by atoms with E-state index in [-0.39, 0.29) is 0 Å². The fourth-order valence-electron chi connectivity index (χ4n) is 1.78. The van der Waals surface area contributed by atoms with E-state index in [0.717, 1.165) is 11.1 Å². The summed E-state index contributed by atoms with van der Waals surface area (Å²) < 4.78 is 0.981. The van der Waals surface area contributed by atoms with Gasteiger partial charge in [0.25, 0.3) is 0 Å². The minimum atomic E-state index is 0.497. The molecule has 1 atom stereocenters. The predicted molar refractivity (Wildman–Crippen MR) is 56.5 cm³/mol. The normalized spacial score (nSPS) is 23.0. The average Bonchev–Trinajstić information content (AvgIpc) is 2.20. The van der Waals surface area contributed by atoms with Gasteiger partial charge in [0.1, 0.15) is 4.60 Å². The molecule has 0 aromatic carbocycles. The van der Waals surface area contributed by atoms with Crippen molar-refractivity contribution in [2.45, 2.75) is 25.3 Å². The molecule has 0 bridgehead atoms. The Balaban J connectivity index is 2.18. The maximum Gasteiger partial charge on any atom is 0.110 e. The molecule has 0 amide bonds. The summed E-state index contributed by atoms with van der Waals surface area (Å²) in [7, 11) is 0. The number of halogens is 1. The molecule has 3 heteroatoms. The molecule has 1 aliphatic rings. The van der Waals surface area contributed by atoms with Crippen molar-refractivity contribution < 1.29 is 0 Å². The zero-order valence-corrected chi connectivity index (χ0v) is 9.05. The van der Waals surface area contributed by atoms with Crippen molar-refractivity contribution in [2.24, 2.45) is 0 Å². The van der Waals surface area contributed by atoms with Gasteiger partial charge in [-0.15, -0.1) is 0 Å². The van der Waals surface area contributed by atoms with E-state index in [2.05, 4.69) is 32.3 Å². The molecule has 1 fully saturated rings. The van der Waals surface area contributed by atoms with Gasteiger partial charge in [-0.3, -0.25) is 0 Å². The highest BCUT2D eigenvalue weighted by Crippen LogP contribution is 2.27. The number of hydrogen-bond donors (Lipinski definition) is 1. The molecule has 1 aliphatic heterocycles. The Bertz CT molecular complexity index is 282. The summed E-state index contributed by atoms with van der Waals surface area (Å²) in [6.45, 7) is 1.13. The van der Waals surface area contributed by atoms with E-state index in [1.165, 1.54) is 24.8 Å². The third-order valence-corrected chi connectivity index (χ3v) is 3.14. The first kappa shape index (κ1) is 9.16. The highest BCUT2D eigenvalue weighted by Gasteiger charge is 2.16. The Morgan fingerprint density at radius 3 is 3.08 bits per heavy atom. The maximum atomic E-state index is 4.23. The number of nitrogens with one attached hydrogen (secondary N) is 1. The summed E-state index contributed by atoms with van der Waals surface area (Å²) in [6, 6.07) is 4.63. The third kappa shape index (κ3) is 2.09. The highest BCUT2D eigenvalue weighted by atomic mass is 79.9. The minimum absolute atomic E-state index is 0.497. The molecular weight excluding hydrogens is 228 g/mol. The Morgan fingerprint density at radius 1 is 1.46 bits per heavy atom. The third-order valence-electron chi connectivity index (χ3n) is 2.47. The first-order valence-electron chi connectivity index (χ1n) is 4.72. The van der Waals surface area contributed by atoms with Gasteiger partial charge in [0.05, 0.1) is 0 Å². The number of rotatable bonds is 1. The van der Waals surface area contributed by atoms with Gasteiger partial charge in [0.2, 0.25) is 0 Å². The molecule has 13 heavy (non-hydrogen) atoms. The fraction of sp³-hybridized carbons (Fsp3) is 0.500. The quantitative estimate of drug-likeness (QED) is 0.764. The van der Waals surface area contributed by atoms with Crippen LogP contribution in [0.3, 0.4) is 0 Å². The molecule has 1 unspecified atom stereocenters. The zero-order valence-electron chi connectivity index (χ0n) is 7.46. The van der Waals surface area contributed by atoms with E-state index in [0.29, 0.717) is 6.04 Å². The molecule has 1 N–H and O–H groups in total. The lowest BCUT2D eigenvalue weighted by Gasteiger charge is -2.24. The first-order valence-corrected chi connectivity index (χ1v) is 5.51. The summed E-state index contributed by atoms with van der Waals surface area (Å²) >= 11 is 3.48. The van der Waals surface area contributed by atoms with Crippen molar-refractivity contribution >= 4 is 15.9 Å². The number of aromatic nitrogens is 1. The fourth-order valence-corrected chi connectivity index (χ4v) is 2.30. The first-order chi connectivity index (χ1) is 6.38. The van der Waals surface area contributed by atoms with Crippen LogP contribution in [0, 0.1) is 0 Å². The van der Waals surface area contributed by atoms with E-state index in [9.17, 15) is 0 Å². The molecule has 0 aliphatic carbocycles. The molecule has 2 nitrogen and oxygen atoms in total. The van der Waals surface area contributed by atoms with E-state index >= 15 is 0 Å². The molecule has 0 spiro atoms. The van der Waals surface area contributed by atoms with Gasteiger partial charge in [-0.05, 0) is 41.4 Å². The van der Waals surface area contributed by atoms with Crippen molar-refractivity contribution in [2.75, 3.05) is 6.54 Å². The van der Waals surface area contributed by atoms with Gasteiger partial charge in [-0.25, -0.2) is 4.98 Å². The number of pyridine rings is 1. The second kappa shape index (κ2) is 4.20. The standard InChI is InChI=1S/C10H13BrN2/c11-10-8(4-3-7-13-10)9-5-1-2-6-12-9/h3-4,7,9,12H,1-2,5-6H2. The lowest BCUT2D eigenvalue weighted by molar-refractivity contribution is 0.410. The summed E-state index contributed by atoms with van der Waals surface area (Å²) in [5.74, 6) is 0. The van der Waals surface area contributed by atoms with E-state index < -0.39 is 0 Å². The van der Waals surface area contributed by atoms with Gasteiger partial charge in [0, 0.05) is 17.8 Å². The number of hydrogen-bond acceptors (Lipinski definition) is 2.